The van der Waals surface area contributed by atoms with Gasteiger partial charge in [-0.25, -0.2) is 19.6 Å². The zero-order valence-corrected chi connectivity index (χ0v) is 23.9. The number of carboxylic acids is 1. The van der Waals surface area contributed by atoms with Gasteiger partial charge in [-0.3, -0.25) is 0 Å². The minimum atomic E-state index is -1.31. The summed E-state index contributed by atoms with van der Waals surface area (Å²) >= 11 is 0. The van der Waals surface area contributed by atoms with E-state index in [-0.39, 0.29) is 30.9 Å². The molecule has 0 radical (unpaired) electrons. The zero-order valence-electron chi connectivity index (χ0n) is 23.9. The van der Waals surface area contributed by atoms with Crippen LogP contribution in [0.15, 0.2) is 60.8 Å². The third kappa shape index (κ3) is 7.18. The monoisotopic (exact) mass is 587 g/mol. The summed E-state index contributed by atoms with van der Waals surface area (Å²) in [5.74, 6) is 0.107. The summed E-state index contributed by atoms with van der Waals surface area (Å²) in [5.41, 5.74) is 2.52. The highest BCUT2D eigenvalue weighted by Gasteiger charge is 2.28. The van der Waals surface area contributed by atoms with E-state index in [9.17, 15) is 14.7 Å². The lowest BCUT2D eigenvalue weighted by atomic mass is 9.93. The molecule has 0 bridgehead atoms. The average molecular weight is 588 g/mol. The van der Waals surface area contributed by atoms with E-state index < -0.39 is 18.1 Å². The van der Waals surface area contributed by atoms with Crippen LogP contribution in [0.2, 0.25) is 0 Å². The van der Waals surface area contributed by atoms with Gasteiger partial charge < -0.3 is 34.9 Å². The standard InChI is InChI=1S/C30H33N7O6/c1-41-24-26(32-17-23(28(38)39)34-30(40)43-18-19-7-4-3-5-8-19)35-29(42-2)36-27(24)37-15-12-20(13-16-37)22-11-10-21-9-6-14-31-25(21)33-22/h3-11,14,20,23H,12-13,15-18H2,1-2H3,(H,34,40)(H,38,39)(H,32,35,36). The van der Waals surface area contributed by atoms with Gasteiger partial charge in [-0.2, -0.15) is 9.97 Å². The molecule has 1 atom stereocenters. The first-order valence-electron chi connectivity index (χ1n) is 13.9. The van der Waals surface area contributed by atoms with Gasteiger partial charge in [0.2, 0.25) is 5.75 Å². The highest BCUT2D eigenvalue weighted by atomic mass is 16.5. The molecule has 3 aromatic heterocycles. The highest BCUT2D eigenvalue weighted by Crippen LogP contribution is 2.38. The molecule has 1 aliphatic heterocycles. The van der Waals surface area contributed by atoms with Gasteiger partial charge in [0.25, 0.3) is 0 Å². The van der Waals surface area contributed by atoms with Crippen LogP contribution in [-0.2, 0) is 16.1 Å². The van der Waals surface area contributed by atoms with E-state index in [4.69, 9.17) is 19.2 Å². The second kappa shape index (κ2) is 13.6. The molecule has 1 saturated heterocycles. The Balaban J connectivity index is 1.25. The second-order valence-electron chi connectivity index (χ2n) is 9.94. The molecule has 1 fully saturated rings. The quantitative estimate of drug-likeness (QED) is 0.234. The van der Waals surface area contributed by atoms with Gasteiger partial charge in [0.1, 0.15) is 12.6 Å². The Morgan fingerprint density at radius 2 is 1.79 bits per heavy atom. The number of fused-ring (bicyclic) bond motifs is 1. The number of alkyl carbamates (subject to hydrolysis) is 1. The number of nitrogens with one attached hydrogen (secondary N) is 2. The van der Waals surface area contributed by atoms with E-state index >= 15 is 0 Å². The Labute approximate surface area is 248 Å². The molecule has 1 aromatic carbocycles. The Bertz CT molecular complexity index is 1560. The van der Waals surface area contributed by atoms with Crippen molar-refractivity contribution in [1.82, 2.24) is 25.3 Å². The molecule has 4 heterocycles. The third-order valence-electron chi connectivity index (χ3n) is 7.19. The van der Waals surface area contributed by atoms with E-state index in [1.807, 2.05) is 30.3 Å². The SMILES string of the molecule is COc1nc(NCC(NC(=O)OCc2ccccc2)C(=O)O)c(OC)c(N2CCC(c3ccc4cccnc4n3)CC2)n1. The highest BCUT2D eigenvalue weighted by molar-refractivity contribution is 5.81. The molecule has 224 valence electrons. The summed E-state index contributed by atoms with van der Waals surface area (Å²) in [6.07, 6.45) is 2.55. The lowest BCUT2D eigenvalue weighted by Crippen LogP contribution is -2.45. The minimum absolute atomic E-state index is 0.0112. The summed E-state index contributed by atoms with van der Waals surface area (Å²) in [7, 11) is 2.94. The molecular formula is C30H33N7O6. The first-order valence-corrected chi connectivity index (χ1v) is 13.9. The van der Waals surface area contributed by atoms with Gasteiger partial charge in [0.15, 0.2) is 17.3 Å². The van der Waals surface area contributed by atoms with Crippen molar-refractivity contribution in [2.24, 2.45) is 0 Å². The fourth-order valence-electron chi connectivity index (χ4n) is 4.92. The van der Waals surface area contributed by atoms with Crippen molar-refractivity contribution in [2.45, 2.75) is 31.4 Å². The summed E-state index contributed by atoms with van der Waals surface area (Å²) in [4.78, 5) is 44.4. The van der Waals surface area contributed by atoms with Gasteiger partial charge in [-0.05, 0) is 42.7 Å². The number of hydrogen-bond donors (Lipinski definition) is 3. The van der Waals surface area contributed by atoms with Crippen LogP contribution in [0.1, 0.15) is 30.0 Å². The van der Waals surface area contributed by atoms with Gasteiger partial charge in [0, 0.05) is 42.8 Å². The summed E-state index contributed by atoms with van der Waals surface area (Å²) in [6.45, 7) is 1.16. The third-order valence-corrected chi connectivity index (χ3v) is 7.19. The number of anilines is 2. The Kier molecular flexibility index (Phi) is 9.29. The fourth-order valence-corrected chi connectivity index (χ4v) is 4.92. The molecule has 43 heavy (non-hydrogen) atoms. The maximum Gasteiger partial charge on any atom is 0.408 e. The molecule has 1 amide bonds. The fraction of sp³-hybridized carbons (Fsp3) is 0.333. The van der Waals surface area contributed by atoms with Crippen molar-refractivity contribution in [1.29, 1.82) is 0 Å². The number of rotatable bonds is 11. The molecule has 3 N–H and O–H groups in total. The Morgan fingerprint density at radius 1 is 1.00 bits per heavy atom. The number of benzene rings is 1. The summed E-state index contributed by atoms with van der Waals surface area (Å²) in [5, 5.41) is 16.1. The number of carbonyl (C=O) groups is 2. The number of methoxy groups -OCH3 is 2. The molecule has 13 heteroatoms. The Hall–Kier alpha value is -5.20. The van der Waals surface area contributed by atoms with Crippen molar-refractivity contribution in [2.75, 3.05) is 44.1 Å². The first-order chi connectivity index (χ1) is 20.9. The molecular weight excluding hydrogens is 554 g/mol. The van der Waals surface area contributed by atoms with Crippen LogP contribution >= 0.6 is 0 Å². The second-order valence-corrected chi connectivity index (χ2v) is 9.94. The number of ether oxygens (including phenoxy) is 3. The molecule has 1 aliphatic rings. The topological polar surface area (TPSA) is 161 Å². The molecule has 0 aliphatic carbocycles. The average Bonchev–Trinajstić information content (AvgIpc) is 3.05. The van der Waals surface area contributed by atoms with Gasteiger partial charge in [-0.1, -0.05) is 30.3 Å². The van der Waals surface area contributed by atoms with Crippen molar-refractivity contribution < 1.29 is 28.9 Å². The summed E-state index contributed by atoms with van der Waals surface area (Å²) < 4.78 is 16.2. The van der Waals surface area contributed by atoms with Gasteiger partial charge >= 0.3 is 18.1 Å². The predicted octanol–water partition coefficient (Wildman–Crippen LogP) is 3.61. The minimum Gasteiger partial charge on any atom is -0.490 e. The normalized spacial score (nSPS) is 14.1. The smallest absolute Gasteiger partial charge is 0.408 e. The maximum absolute atomic E-state index is 12.3. The van der Waals surface area contributed by atoms with Crippen molar-refractivity contribution in [3.63, 3.8) is 0 Å². The van der Waals surface area contributed by atoms with Crippen molar-refractivity contribution in [3.8, 4) is 11.8 Å². The number of amides is 1. The Morgan fingerprint density at radius 3 is 2.51 bits per heavy atom. The number of nitrogens with zero attached hydrogens (tertiary/aromatic N) is 5. The number of aliphatic carboxylic acids is 1. The molecule has 0 saturated carbocycles. The van der Waals surface area contributed by atoms with E-state index in [0.717, 1.165) is 35.1 Å². The largest absolute Gasteiger partial charge is 0.490 e. The summed E-state index contributed by atoms with van der Waals surface area (Å²) in [6, 6.07) is 15.9. The number of hydrogen-bond acceptors (Lipinski definition) is 11. The van der Waals surface area contributed by atoms with Gasteiger partial charge in [-0.15, -0.1) is 0 Å². The lowest BCUT2D eigenvalue weighted by molar-refractivity contribution is -0.139. The van der Waals surface area contributed by atoms with Crippen LogP contribution in [0.25, 0.3) is 11.0 Å². The van der Waals surface area contributed by atoms with Crippen molar-refractivity contribution in [3.05, 3.63) is 72.1 Å². The van der Waals surface area contributed by atoms with Crippen LogP contribution in [0.4, 0.5) is 16.4 Å². The molecule has 13 nitrogen and oxygen atoms in total. The lowest BCUT2D eigenvalue weighted by Gasteiger charge is -2.33. The zero-order chi connectivity index (χ0) is 30.2. The number of piperidine rings is 1. The molecule has 1 unspecified atom stereocenters. The van der Waals surface area contributed by atoms with Crippen LogP contribution in [-0.4, -0.2) is 77.0 Å². The number of carboxylic acid groups (broad SMARTS) is 1. The van der Waals surface area contributed by atoms with Crippen molar-refractivity contribution >= 4 is 34.7 Å². The molecule has 4 aromatic rings. The van der Waals surface area contributed by atoms with E-state index in [1.54, 1.807) is 18.3 Å². The number of aromatic nitrogens is 4. The predicted molar refractivity (Wildman–Crippen MR) is 159 cm³/mol. The van der Waals surface area contributed by atoms with Crippen LogP contribution < -0.4 is 25.0 Å². The van der Waals surface area contributed by atoms with Crippen LogP contribution in [0.5, 0.6) is 11.8 Å². The maximum atomic E-state index is 12.3. The van der Waals surface area contributed by atoms with E-state index in [0.29, 0.717) is 24.7 Å². The van der Waals surface area contributed by atoms with Crippen LogP contribution in [0.3, 0.4) is 0 Å². The first kappa shape index (κ1) is 29.3. The van der Waals surface area contributed by atoms with Gasteiger partial charge in [0.05, 0.1) is 14.2 Å². The number of pyridine rings is 2. The van der Waals surface area contributed by atoms with E-state index in [2.05, 4.69) is 42.6 Å². The van der Waals surface area contributed by atoms with Crippen LogP contribution in [0, 0.1) is 0 Å². The van der Waals surface area contributed by atoms with E-state index in [1.165, 1.54) is 14.2 Å². The molecule has 5 rings (SSSR count). The molecule has 0 spiro atoms. The number of carbonyl (C=O) groups excluding carboxylic acids is 1.